The number of nitrogens with one attached hydrogen (secondary N) is 2. The molecule has 2 N–H and O–H groups in total. The van der Waals surface area contributed by atoms with Crippen molar-refractivity contribution in [1.82, 2.24) is 15.0 Å². The van der Waals surface area contributed by atoms with E-state index in [0.717, 1.165) is 38.6 Å². The smallest absolute Gasteiger partial charge is 0.291 e. The van der Waals surface area contributed by atoms with E-state index in [1.807, 2.05) is 79.8 Å². The van der Waals surface area contributed by atoms with Crippen LogP contribution in [-0.4, -0.2) is 27.9 Å². The molecular weight excluding hydrogens is 414 g/mol. The van der Waals surface area contributed by atoms with E-state index in [1.165, 1.54) is 0 Å². The molecule has 33 heavy (non-hydrogen) atoms. The number of rotatable bonds is 4. The number of fused-ring (bicyclic) bond motifs is 4. The maximum atomic E-state index is 12.8. The van der Waals surface area contributed by atoms with E-state index in [-0.39, 0.29) is 11.7 Å². The molecule has 0 fully saturated rings. The fraction of sp³-hybridized carbons (Fsp3) is 0.0385. The Balaban J connectivity index is 1.35. The molecule has 0 saturated heterocycles. The number of anilines is 2. The molecule has 0 saturated carbocycles. The molecule has 2 aromatic heterocycles. The van der Waals surface area contributed by atoms with Crippen LogP contribution in [0.25, 0.3) is 38.5 Å². The Kier molecular flexibility index (Phi) is 4.33. The van der Waals surface area contributed by atoms with Gasteiger partial charge in [-0.1, -0.05) is 42.5 Å². The molecule has 2 heterocycles. The second-order valence-corrected chi connectivity index (χ2v) is 7.73. The zero-order chi connectivity index (χ0) is 22.4. The predicted molar refractivity (Wildman–Crippen MR) is 130 cm³/mol. The summed E-state index contributed by atoms with van der Waals surface area (Å²) >= 11 is 0. The van der Waals surface area contributed by atoms with Crippen LogP contribution in [0.5, 0.6) is 0 Å². The minimum atomic E-state index is -0.315. The van der Waals surface area contributed by atoms with Gasteiger partial charge in [-0.05, 0) is 41.8 Å². The van der Waals surface area contributed by atoms with Crippen molar-refractivity contribution in [2.24, 2.45) is 0 Å². The van der Waals surface area contributed by atoms with Crippen molar-refractivity contribution in [1.29, 1.82) is 0 Å². The van der Waals surface area contributed by atoms with Crippen LogP contribution in [0.3, 0.4) is 0 Å². The van der Waals surface area contributed by atoms with Crippen LogP contribution in [0.4, 0.5) is 11.4 Å². The number of carbonyl (C=O) groups is 1. The van der Waals surface area contributed by atoms with Gasteiger partial charge in [0.05, 0.1) is 17.1 Å². The third kappa shape index (κ3) is 3.27. The Morgan fingerprint density at radius 3 is 2.52 bits per heavy atom. The number of para-hydroxylation sites is 2. The SMILES string of the molecule is CNc1ccccc1NC(=O)c1cc2ccc(-n3nc4ccc5ccccc5c4n3)cc2o1. The lowest BCUT2D eigenvalue weighted by Crippen LogP contribution is -2.12. The minimum absolute atomic E-state index is 0.234. The van der Waals surface area contributed by atoms with E-state index in [9.17, 15) is 4.79 Å². The van der Waals surface area contributed by atoms with Gasteiger partial charge in [-0.3, -0.25) is 4.79 Å². The van der Waals surface area contributed by atoms with Gasteiger partial charge in [-0.2, -0.15) is 4.80 Å². The molecule has 0 unspecified atom stereocenters. The summed E-state index contributed by atoms with van der Waals surface area (Å²) in [4.78, 5) is 14.4. The first-order chi connectivity index (χ1) is 16.2. The largest absolute Gasteiger partial charge is 0.451 e. The maximum absolute atomic E-state index is 12.8. The molecule has 7 nitrogen and oxygen atoms in total. The van der Waals surface area contributed by atoms with Gasteiger partial charge in [-0.15, -0.1) is 10.2 Å². The molecule has 7 heteroatoms. The van der Waals surface area contributed by atoms with E-state index >= 15 is 0 Å². The highest BCUT2D eigenvalue weighted by Gasteiger charge is 2.15. The fourth-order valence-electron chi connectivity index (χ4n) is 4.01. The van der Waals surface area contributed by atoms with E-state index in [1.54, 1.807) is 10.9 Å². The monoisotopic (exact) mass is 433 g/mol. The maximum Gasteiger partial charge on any atom is 0.291 e. The third-order valence-electron chi connectivity index (χ3n) is 5.68. The number of furan rings is 1. The highest BCUT2D eigenvalue weighted by molar-refractivity contribution is 6.06. The molecule has 0 aliphatic carbocycles. The first kappa shape index (κ1) is 19.1. The van der Waals surface area contributed by atoms with Gasteiger partial charge in [0.1, 0.15) is 16.6 Å². The summed E-state index contributed by atoms with van der Waals surface area (Å²) in [5.74, 6) is -0.0810. The van der Waals surface area contributed by atoms with Crippen LogP contribution in [-0.2, 0) is 0 Å². The topological polar surface area (TPSA) is 85.0 Å². The van der Waals surface area contributed by atoms with E-state index in [0.29, 0.717) is 11.3 Å². The van der Waals surface area contributed by atoms with Crippen molar-refractivity contribution in [2.45, 2.75) is 0 Å². The molecular formula is C26H19N5O2. The number of amides is 1. The summed E-state index contributed by atoms with van der Waals surface area (Å²) in [6, 6.07) is 27.0. The standard InChI is InChI=1S/C26H19N5O2/c1-27-20-8-4-5-9-21(20)28-26(32)24-14-17-10-12-18(15-23(17)33-24)31-29-22-13-11-16-6-2-3-7-19(16)25(22)30-31/h2-15,27H,1H3,(H,28,32). The van der Waals surface area contributed by atoms with Crippen LogP contribution < -0.4 is 10.6 Å². The Labute approximate surface area is 188 Å². The average Bonchev–Trinajstić information content (AvgIpc) is 3.48. The summed E-state index contributed by atoms with van der Waals surface area (Å²) in [6.45, 7) is 0. The van der Waals surface area contributed by atoms with E-state index in [4.69, 9.17) is 9.52 Å². The van der Waals surface area contributed by atoms with Crippen LogP contribution in [0.1, 0.15) is 10.6 Å². The normalized spacial score (nSPS) is 11.3. The number of hydrogen-bond acceptors (Lipinski definition) is 5. The average molecular weight is 433 g/mol. The van der Waals surface area contributed by atoms with Crippen molar-refractivity contribution in [3.05, 3.63) is 90.7 Å². The summed E-state index contributed by atoms with van der Waals surface area (Å²) in [6.07, 6.45) is 0. The van der Waals surface area contributed by atoms with Gasteiger partial charge in [0.25, 0.3) is 5.91 Å². The molecule has 0 aliphatic heterocycles. The highest BCUT2D eigenvalue weighted by atomic mass is 16.3. The molecule has 0 aliphatic rings. The number of nitrogens with zero attached hydrogens (tertiary/aromatic N) is 3. The quantitative estimate of drug-likeness (QED) is 0.377. The molecule has 6 rings (SSSR count). The van der Waals surface area contributed by atoms with Gasteiger partial charge in [0, 0.05) is 23.9 Å². The Morgan fingerprint density at radius 1 is 0.848 bits per heavy atom. The van der Waals surface area contributed by atoms with Gasteiger partial charge in [0.15, 0.2) is 5.76 Å². The molecule has 0 atom stereocenters. The van der Waals surface area contributed by atoms with Gasteiger partial charge in [0.2, 0.25) is 0 Å². The summed E-state index contributed by atoms with van der Waals surface area (Å²) < 4.78 is 5.88. The Morgan fingerprint density at radius 2 is 1.64 bits per heavy atom. The molecule has 0 bridgehead atoms. The minimum Gasteiger partial charge on any atom is -0.451 e. The lowest BCUT2D eigenvalue weighted by molar-refractivity contribution is 0.0999. The van der Waals surface area contributed by atoms with E-state index in [2.05, 4.69) is 21.8 Å². The summed E-state index contributed by atoms with van der Waals surface area (Å²) in [5, 5.41) is 18.3. The van der Waals surface area contributed by atoms with Crippen LogP contribution in [0.2, 0.25) is 0 Å². The molecule has 0 spiro atoms. The van der Waals surface area contributed by atoms with Gasteiger partial charge < -0.3 is 15.1 Å². The lowest BCUT2D eigenvalue weighted by Gasteiger charge is -2.08. The first-order valence-corrected chi connectivity index (χ1v) is 10.6. The van der Waals surface area contributed by atoms with Gasteiger partial charge in [-0.25, -0.2) is 0 Å². The van der Waals surface area contributed by atoms with Crippen molar-refractivity contribution >= 4 is 50.1 Å². The molecule has 6 aromatic rings. The predicted octanol–water partition coefficient (Wildman–Crippen LogP) is 5.61. The fourth-order valence-corrected chi connectivity index (χ4v) is 4.01. The number of carbonyl (C=O) groups excluding carboxylic acids is 1. The number of aromatic nitrogens is 3. The molecule has 4 aromatic carbocycles. The molecule has 0 radical (unpaired) electrons. The van der Waals surface area contributed by atoms with Crippen molar-refractivity contribution in [2.75, 3.05) is 17.7 Å². The zero-order valence-corrected chi connectivity index (χ0v) is 17.7. The summed E-state index contributed by atoms with van der Waals surface area (Å²) in [5.41, 5.74) is 4.52. The highest BCUT2D eigenvalue weighted by Crippen LogP contribution is 2.27. The third-order valence-corrected chi connectivity index (χ3v) is 5.68. The van der Waals surface area contributed by atoms with Crippen LogP contribution in [0, 0.1) is 0 Å². The Hall–Kier alpha value is -4.65. The lowest BCUT2D eigenvalue weighted by atomic mass is 10.1. The van der Waals surface area contributed by atoms with Crippen molar-refractivity contribution < 1.29 is 9.21 Å². The molecule has 160 valence electrons. The van der Waals surface area contributed by atoms with Crippen LogP contribution >= 0.6 is 0 Å². The Bertz CT molecular complexity index is 1660. The number of benzene rings is 4. The zero-order valence-electron chi connectivity index (χ0n) is 17.7. The van der Waals surface area contributed by atoms with Crippen molar-refractivity contribution in [3.8, 4) is 5.69 Å². The first-order valence-electron chi connectivity index (χ1n) is 10.6. The number of hydrogen-bond donors (Lipinski definition) is 2. The molecule has 1 amide bonds. The van der Waals surface area contributed by atoms with Crippen molar-refractivity contribution in [3.63, 3.8) is 0 Å². The second kappa shape index (κ2) is 7.49. The second-order valence-electron chi connectivity index (χ2n) is 7.73. The van der Waals surface area contributed by atoms with Gasteiger partial charge >= 0.3 is 0 Å². The van der Waals surface area contributed by atoms with Crippen LogP contribution in [0.15, 0.2) is 89.3 Å². The van der Waals surface area contributed by atoms with E-state index < -0.39 is 0 Å². The summed E-state index contributed by atoms with van der Waals surface area (Å²) in [7, 11) is 1.81.